The number of ether oxygens (including phenoxy) is 2. The lowest BCUT2D eigenvalue weighted by molar-refractivity contribution is -0.350. The molecule has 2 aliphatic heterocycles. The van der Waals surface area contributed by atoms with Crippen molar-refractivity contribution in [2.45, 2.75) is 37.5 Å². The molecule has 0 atom stereocenters. The number of carbonyl (C=O) groups excluding carboxylic acids is 2. The van der Waals surface area contributed by atoms with Crippen LogP contribution in [0.3, 0.4) is 0 Å². The lowest BCUT2D eigenvalue weighted by Crippen LogP contribution is -2.70. The molecule has 0 N–H and O–H groups in total. The summed E-state index contributed by atoms with van der Waals surface area (Å²) in [5.41, 5.74) is 1.05. The molecule has 2 aliphatic rings. The summed E-state index contributed by atoms with van der Waals surface area (Å²) in [6.07, 6.45) is 0. The van der Waals surface area contributed by atoms with Crippen molar-refractivity contribution in [1.29, 1.82) is 0 Å². The molecule has 0 aromatic heterocycles. The average molecular weight is 667 g/mol. The molecule has 0 unspecified atom stereocenters. The van der Waals surface area contributed by atoms with Crippen LogP contribution in [0.5, 0.6) is 11.5 Å². The van der Waals surface area contributed by atoms with Crippen LogP contribution in [-0.4, -0.2) is 111 Å². The number of benzene rings is 2. The van der Waals surface area contributed by atoms with Gasteiger partial charge in [-0.25, -0.2) is 0 Å². The number of hydrogen-bond donors (Lipinski definition) is 0. The summed E-state index contributed by atoms with van der Waals surface area (Å²) in [4.78, 5) is 28.7. The van der Waals surface area contributed by atoms with Gasteiger partial charge in [-0.15, -0.1) is 0 Å². The summed E-state index contributed by atoms with van der Waals surface area (Å²) in [6, 6.07) is 13.2. The normalized spacial score (nSPS) is 16.8. The molecule has 2 aromatic carbocycles. The molecule has 254 valence electrons. The molecule has 8 nitrogen and oxygen atoms in total. The highest BCUT2D eigenvalue weighted by atomic mass is 19.4. The maximum Gasteiger partial charge on any atom is 0.392 e. The largest absolute Gasteiger partial charge is 0.492 e. The van der Waals surface area contributed by atoms with Crippen LogP contribution < -0.4 is 19.3 Å². The molecule has 2 saturated heterocycles. The number of nitrogens with zero attached hydrogens (tertiary/aromatic N) is 4. The van der Waals surface area contributed by atoms with Crippen LogP contribution >= 0.6 is 0 Å². The van der Waals surface area contributed by atoms with Crippen molar-refractivity contribution in [1.82, 2.24) is 9.80 Å². The Balaban J connectivity index is 1.44. The number of rotatable bonds is 11. The number of carbonyl (C=O) groups is 2. The van der Waals surface area contributed by atoms with Gasteiger partial charge >= 0.3 is 23.7 Å². The van der Waals surface area contributed by atoms with Gasteiger partial charge in [0, 0.05) is 52.4 Å². The Morgan fingerprint density at radius 1 is 0.565 bits per heavy atom. The van der Waals surface area contributed by atoms with E-state index in [2.05, 4.69) is 0 Å². The number of anilines is 2. The van der Waals surface area contributed by atoms with Crippen LogP contribution in [-0.2, 0) is 9.59 Å². The Morgan fingerprint density at radius 3 is 1.17 bits per heavy atom. The molecule has 0 aliphatic carbocycles. The lowest BCUT2D eigenvalue weighted by Gasteiger charge is -2.42. The van der Waals surface area contributed by atoms with Gasteiger partial charge in [0.05, 0.1) is 24.6 Å². The Hall–Kier alpha value is -3.98. The number of amides is 2. The van der Waals surface area contributed by atoms with Gasteiger partial charge in [-0.05, 0) is 38.1 Å². The van der Waals surface area contributed by atoms with Crippen LogP contribution in [0.25, 0.3) is 0 Å². The first-order chi connectivity index (χ1) is 21.6. The van der Waals surface area contributed by atoms with Crippen molar-refractivity contribution in [3.63, 3.8) is 0 Å². The first-order valence-corrected chi connectivity index (χ1v) is 14.6. The second-order valence-corrected chi connectivity index (χ2v) is 10.7. The van der Waals surface area contributed by atoms with Gasteiger partial charge in [0.15, 0.2) is 0 Å². The van der Waals surface area contributed by atoms with E-state index in [0.717, 1.165) is 0 Å². The quantitative estimate of drug-likeness (QED) is 0.314. The van der Waals surface area contributed by atoms with Gasteiger partial charge in [-0.2, -0.15) is 35.1 Å². The van der Waals surface area contributed by atoms with Crippen LogP contribution in [0.2, 0.25) is 0 Å². The molecule has 2 heterocycles. The van der Waals surface area contributed by atoms with Crippen LogP contribution in [0.1, 0.15) is 13.8 Å². The standard InChI is InChI=1S/C30H34F8N4O4/c1-3-45-23-11-7-5-9-21(23)39-13-17-41(18-14-39)25(43)27(31,32)29(35,36)30(37,38)28(33,34)26(44)42-19-15-40(16-20-42)22-10-6-8-12-24(22)46-4-2/h5-12H,3-4,13-20H2,1-2H3. The van der Waals surface area contributed by atoms with Crippen LogP contribution in [0.15, 0.2) is 48.5 Å². The summed E-state index contributed by atoms with van der Waals surface area (Å²) in [5, 5.41) is 0. The van der Waals surface area contributed by atoms with Crippen molar-refractivity contribution < 1.29 is 54.2 Å². The van der Waals surface area contributed by atoms with E-state index in [0.29, 0.717) is 36.1 Å². The highest BCUT2D eigenvalue weighted by Crippen LogP contribution is 2.53. The van der Waals surface area contributed by atoms with E-state index in [-0.39, 0.29) is 36.0 Å². The molecule has 46 heavy (non-hydrogen) atoms. The summed E-state index contributed by atoms with van der Waals surface area (Å²) in [5.74, 6) is -31.0. The minimum Gasteiger partial charge on any atom is -0.492 e. The molecule has 4 rings (SSSR count). The predicted molar refractivity (Wildman–Crippen MR) is 153 cm³/mol. The minimum atomic E-state index is -6.92. The average Bonchev–Trinajstić information content (AvgIpc) is 3.05. The zero-order valence-electron chi connectivity index (χ0n) is 25.1. The van der Waals surface area contributed by atoms with Gasteiger partial charge in [-0.3, -0.25) is 9.59 Å². The third-order valence-corrected chi connectivity index (χ3v) is 7.87. The fraction of sp³-hybridized carbons (Fsp3) is 0.533. The smallest absolute Gasteiger partial charge is 0.392 e. The van der Waals surface area contributed by atoms with Crippen LogP contribution in [0, 0.1) is 0 Å². The van der Waals surface area contributed by atoms with E-state index in [1.807, 2.05) is 0 Å². The van der Waals surface area contributed by atoms with Gasteiger partial charge in [0.2, 0.25) is 0 Å². The van der Waals surface area contributed by atoms with Crippen LogP contribution in [0.4, 0.5) is 46.5 Å². The van der Waals surface area contributed by atoms with E-state index < -0.39 is 61.7 Å². The zero-order valence-corrected chi connectivity index (χ0v) is 25.1. The van der Waals surface area contributed by atoms with E-state index >= 15 is 0 Å². The monoisotopic (exact) mass is 666 g/mol. The van der Waals surface area contributed by atoms with E-state index in [1.165, 1.54) is 0 Å². The molecular formula is C30H34F8N4O4. The summed E-state index contributed by atoms with van der Waals surface area (Å²) < 4.78 is 130. The van der Waals surface area contributed by atoms with Crippen molar-refractivity contribution in [2.75, 3.05) is 75.4 Å². The van der Waals surface area contributed by atoms with E-state index in [1.54, 1.807) is 72.2 Å². The third-order valence-electron chi connectivity index (χ3n) is 7.87. The molecule has 0 saturated carbocycles. The third kappa shape index (κ3) is 6.21. The summed E-state index contributed by atoms with van der Waals surface area (Å²) >= 11 is 0. The van der Waals surface area contributed by atoms with Crippen molar-refractivity contribution in [3.8, 4) is 11.5 Å². The Bertz CT molecular complexity index is 1280. The van der Waals surface area contributed by atoms with Gasteiger partial charge in [0.25, 0.3) is 11.8 Å². The number of para-hydroxylation sites is 4. The molecule has 0 spiro atoms. The topological polar surface area (TPSA) is 65.6 Å². The highest BCUT2D eigenvalue weighted by Gasteiger charge is 2.85. The summed E-state index contributed by atoms with van der Waals surface area (Å²) in [6.45, 7) is 1.03. The number of alkyl halides is 8. The minimum absolute atomic E-state index is 0.163. The number of halogens is 8. The van der Waals surface area contributed by atoms with Gasteiger partial charge in [-0.1, -0.05) is 24.3 Å². The fourth-order valence-corrected chi connectivity index (χ4v) is 5.35. The van der Waals surface area contributed by atoms with Gasteiger partial charge in [0.1, 0.15) is 11.5 Å². The van der Waals surface area contributed by atoms with Crippen molar-refractivity contribution >= 4 is 23.2 Å². The Morgan fingerprint density at radius 2 is 0.870 bits per heavy atom. The second-order valence-electron chi connectivity index (χ2n) is 10.7. The van der Waals surface area contributed by atoms with Crippen molar-refractivity contribution in [3.05, 3.63) is 48.5 Å². The zero-order chi connectivity index (χ0) is 33.9. The second kappa shape index (κ2) is 13.4. The van der Waals surface area contributed by atoms with E-state index in [4.69, 9.17) is 9.47 Å². The highest BCUT2D eigenvalue weighted by molar-refractivity contribution is 5.88. The summed E-state index contributed by atoms with van der Waals surface area (Å²) in [7, 11) is 0. The Labute approximate surface area is 260 Å². The molecule has 2 aromatic rings. The first kappa shape index (κ1) is 34.9. The Kier molecular flexibility index (Phi) is 10.2. The number of hydrogen-bond acceptors (Lipinski definition) is 6. The molecule has 2 amide bonds. The molecule has 16 heteroatoms. The SMILES string of the molecule is CCOc1ccccc1N1CCN(C(=O)C(F)(F)C(F)(F)C(F)(F)C(F)(F)C(=O)N2CCN(c3ccccc3OCC)CC2)CC1. The maximum atomic E-state index is 14.9. The van der Waals surface area contributed by atoms with Gasteiger partial charge < -0.3 is 29.1 Å². The lowest BCUT2D eigenvalue weighted by atomic mass is 9.96. The molecular weight excluding hydrogens is 632 g/mol. The predicted octanol–water partition coefficient (Wildman–Crippen LogP) is 5.02. The maximum absolute atomic E-state index is 14.9. The van der Waals surface area contributed by atoms with Crippen molar-refractivity contribution in [2.24, 2.45) is 0 Å². The fourth-order valence-electron chi connectivity index (χ4n) is 5.35. The number of piperazine rings is 2. The van der Waals surface area contributed by atoms with E-state index in [9.17, 15) is 44.7 Å². The molecule has 0 bridgehead atoms. The first-order valence-electron chi connectivity index (χ1n) is 14.6. The molecule has 2 fully saturated rings. The molecule has 0 radical (unpaired) electrons.